The van der Waals surface area contributed by atoms with Crippen LogP contribution in [0.1, 0.15) is 5.56 Å². The highest BCUT2D eigenvalue weighted by Crippen LogP contribution is 2.19. The summed E-state index contributed by atoms with van der Waals surface area (Å²) in [6.07, 6.45) is 0. The first kappa shape index (κ1) is 18.0. The van der Waals surface area contributed by atoms with Crippen molar-refractivity contribution in [1.82, 2.24) is 4.72 Å². The molecule has 26 heavy (non-hydrogen) atoms. The molecule has 7 heteroatoms. The topological polar surface area (TPSA) is 72.5 Å². The van der Waals surface area contributed by atoms with Crippen LogP contribution in [0.3, 0.4) is 0 Å². The van der Waals surface area contributed by atoms with Gasteiger partial charge in [-0.3, -0.25) is 4.79 Å². The molecule has 0 fully saturated rings. The summed E-state index contributed by atoms with van der Waals surface area (Å²) in [7, 11) is -3.99. The third-order valence-corrected chi connectivity index (χ3v) is 5.18. The van der Waals surface area contributed by atoms with Crippen LogP contribution >= 0.6 is 0 Å². The van der Waals surface area contributed by atoms with Crippen molar-refractivity contribution in [2.45, 2.75) is 11.5 Å². The lowest BCUT2D eigenvalue weighted by atomic mass is 10.1. The van der Waals surface area contributed by atoms with Crippen LogP contribution in [0.2, 0.25) is 0 Å². The van der Waals surface area contributed by atoms with Crippen LogP contribution in [0, 0.1) is 5.82 Å². The van der Waals surface area contributed by atoms with Gasteiger partial charge in [-0.05, 0) is 34.5 Å². The van der Waals surface area contributed by atoms with Crippen LogP contribution in [-0.4, -0.2) is 20.9 Å². The highest BCUT2D eigenvalue weighted by molar-refractivity contribution is 7.89. The number of sulfonamides is 1. The van der Waals surface area contributed by atoms with E-state index in [9.17, 15) is 17.6 Å². The van der Waals surface area contributed by atoms with E-state index in [-0.39, 0.29) is 11.5 Å². The van der Waals surface area contributed by atoms with E-state index >= 15 is 0 Å². The van der Waals surface area contributed by atoms with E-state index in [1.165, 1.54) is 12.1 Å². The van der Waals surface area contributed by atoms with Crippen molar-refractivity contribution in [3.63, 3.8) is 0 Å². The maximum absolute atomic E-state index is 13.1. The molecule has 3 aromatic rings. The molecule has 0 bridgehead atoms. The Morgan fingerprint density at radius 2 is 1.73 bits per heavy atom. The number of carbonyl (C=O) groups is 1. The van der Waals surface area contributed by atoms with Crippen molar-refractivity contribution >= 4 is 26.8 Å². The van der Waals surface area contributed by atoms with E-state index in [2.05, 4.69) is 4.72 Å². The first-order chi connectivity index (χ1) is 12.5. The van der Waals surface area contributed by atoms with E-state index < -0.39 is 28.4 Å². The lowest BCUT2D eigenvalue weighted by Gasteiger charge is -2.09. The van der Waals surface area contributed by atoms with Gasteiger partial charge in [0.1, 0.15) is 19.0 Å². The van der Waals surface area contributed by atoms with Gasteiger partial charge in [0.15, 0.2) is 0 Å². The van der Waals surface area contributed by atoms with E-state index in [1.54, 1.807) is 0 Å². The normalized spacial score (nSPS) is 11.4. The number of hydrogen-bond donors (Lipinski definition) is 1. The molecule has 0 unspecified atom stereocenters. The quantitative estimate of drug-likeness (QED) is 0.674. The lowest BCUT2D eigenvalue weighted by Crippen LogP contribution is -2.30. The molecule has 134 valence electrons. The van der Waals surface area contributed by atoms with Crippen molar-refractivity contribution in [2.24, 2.45) is 0 Å². The van der Waals surface area contributed by atoms with Gasteiger partial charge in [-0.15, -0.1) is 0 Å². The Balaban J connectivity index is 1.61. The van der Waals surface area contributed by atoms with Crippen molar-refractivity contribution in [3.05, 3.63) is 78.1 Å². The van der Waals surface area contributed by atoms with Gasteiger partial charge < -0.3 is 4.74 Å². The number of halogens is 1. The Kier molecular flexibility index (Phi) is 5.29. The second-order valence-electron chi connectivity index (χ2n) is 5.58. The molecule has 0 saturated carbocycles. The number of esters is 1. The summed E-state index contributed by atoms with van der Waals surface area (Å²) < 4.78 is 44.5. The largest absolute Gasteiger partial charge is 0.460 e. The summed E-state index contributed by atoms with van der Waals surface area (Å²) >= 11 is 0. The second-order valence-corrected chi connectivity index (χ2v) is 7.35. The van der Waals surface area contributed by atoms with Crippen molar-refractivity contribution in [1.29, 1.82) is 0 Å². The molecular weight excluding hydrogens is 357 g/mol. The van der Waals surface area contributed by atoms with Crippen molar-refractivity contribution in [2.75, 3.05) is 6.54 Å². The molecule has 0 amide bonds. The minimum Gasteiger partial charge on any atom is -0.460 e. The first-order valence-electron chi connectivity index (χ1n) is 7.83. The summed E-state index contributed by atoms with van der Waals surface area (Å²) in [6.45, 7) is -0.508. The molecule has 0 saturated heterocycles. The van der Waals surface area contributed by atoms with E-state index in [0.717, 1.165) is 28.5 Å². The van der Waals surface area contributed by atoms with Crippen molar-refractivity contribution < 1.29 is 22.3 Å². The minimum atomic E-state index is -3.99. The van der Waals surface area contributed by atoms with Gasteiger partial charge in [-0.1, -0.05) is 48.5 Å². The van der Waals surface area contributed by atoms with Gasteiger partial charge in [-0.25, -0.2) is 12.8 Å². The molecule has 0 aliphatic heterocycles. The predicted molar refractivity (Wildman–Crippen MR) is 95.3 cm³/mol. The third-order valence-electron chi connectivity index (χ3n) is 3.78. The smallest absolute Gasteiger partial charge is 0.321 e. The van der Waals surface area contributed by atoms with Crippen LogP contribution in [0.15, 0.2) is 71.6 Å². The molecule has 3 aromatic carbocycles. The molecule has 0 radical (unpaired) electrons. The fourth-order valence-corrected chi connectivity index (χ4v) is 3.50. The Morgan fingerprint density at radius 3 is 2.54 bits per heavy atom. The van der Waals surface area contributed by atoms with Crippen LogP contribution < -0.4 is 4.72 Å². The summed E-state index contributed by atoms with van der Waals surface area (Å²) in [6, 6.07) is 17.9. The number of rotatable bonds is 6. The van der Waals surface area contributed by atoms with Gasteiger partial charge >= 0.3 is 5.97 Å². The van der Waals surface area contributed by atoms with Gasteiger partial charge in [0.2, 0.25) is 10.0 Å². The van der Waals surface area contributed by atoms with Gasteiger partial charge in [0, 0.05) is 0 Å². The fourth-order valence-electron chi connectivity index (χ4n) is 2.50. The van der Waals surface area contributed by atoms with Crippen LogP contribution in [0.5, 0.6) is 0 Å². The van der Waals surface area contributed by atoms with Gasteiger partial charge in [0.05, 0.1) is 4.90 Å². The average Bonchev–Trinajstić information content (AvgIpc) is 2.65. The van der Waals surface area contributed by atoms with E-state index in [4.69, 9.17) is 4.74 Å². The predicted octanol–water partition coefficient (Wildman–Crippen LogP) is 3.00. The molecule has 0 aromatic heterocycles. The number of carbonyl (C=O) groups excluding carboxylic acids is 1. The maximum atomic E-state index is 13.1. The Hall–Kier alpha value is -2.77. The monoisotopic (exact) mass is 373 g/mol. The van der Waals surface area contributed by atoms with E-state index in [0.29, 0.717) is 0 Å². The summed E-state index contributed by atoms with van der Waals surface area (Å²) in [4.78, 5) is 11.6. The Morgan fingerprint density at radius 1 is 1.00 bits per heavy atom. The van der Waals surface area contributed by atoms with E-state index in [1.807, 2.05) is 42.5 Å². The van der Waals surface area contributed by atoms with Crippen molar-refractivity contribution in [3.8, 4) is 0 Å². The molecule has 0 aliphatic carbocycles. The third kappa shape index (κ3) is 4.25. The summed E-state index contributed by atoms with van der Waals surface area (Å²) in [5.74, 6) is -1.40. The standard InChI is InChI=1S/C19H16FNO4S/c20-16-8-4-9-17(11-16)26(23,24)21-12-19(22)25-13-15-7-3-6-14-5-1-2-10-18(14)15/h1-11,21H,12-13H2. The first-order valence-corrected chi connectivity index (χ1v) is 9.31. The van der Waals surface area contributed by atoms with Crippen LogP contribution in [-0.2, 0) is 26.2 Å². The summed E-state index contributed by atoms with van der Waals surface area (Å²) in [5.41, 5.74) is 0.824. The molecule has 0 spiro atoms. The average molecular weight is 373 g/mol. The number of fused-ring (bicyclic) bond motifs is 1. The Bertz CT molecular complexity index is 1040. The highest BCUT2D eigenvalue weighted by atomic mass is 32.2. The van der Waals surface area contributed by atoms with Crippen LogP contribution in [0.4, 0.5) is 4.39 Å². The lowest BCUT2D eigenvalue weighted by molar-refractivity contribution is -0.143. The Labute approximate surface area is 150 Å². The zero-order valence-electron chi connectivity index (χ0n) is 13.7. The number of benzene rings is 3. The van der Waals surface area contributed by atoms with Crippen LogP contribution in [0.25, 0.3) is 10.8 Å². The highest BCUT2D eigenvalue weighted by Gasteiger charge is 2.16. The summed E-state index contributed by atoms with van der Waals surface area (Å²) in [5, 5.41) is 1.98. The second kappa shape index (κ2) is 7.63. The zero-order chi connectivity index (χ0) is 18.6. The molecule has 0 aliphatic rings. The number of hydrogen-bond acceptors (Lipinski definition) is 4. The molecule has 3 rings (SSSR count). The van der Waals surface area contributed by atoms with Gasteiger partial charge in [0.25, 0.3) is 0 Å². The number of ether oxygens (including phenoxy) is 1. The van der Waals surface area contributed by atoms with Gasteiger partial charge in [-0.2, -0.15) is 4.72 Å². The fraction of sp³-hybridized carbons (Fsp3) is 0.105. The molecule has 5 nitrogen and oxygen atoms in total. The maximum Gasteiger partial charge on any atom is 0.321 e. The molecular formula is C19H16FNO4S. The minimum absolute atomic E-state index is 0.0296. The molecule has 1 N–H and O–H groups in total. The zero-order valence-corrected chi connectivity index (χ0v) is 14.5. The molecule has 0 heterocycles. The SMILES string of the molecule is O=C(CNS(=O)(=O)c1cccc(F)c1)OCc1cccc2ccccc12. The number of nitrogens with one attached hydrogen (secondary N) is 1. The molecule has 0 atom stereocenters.